The minimum absolute atomic E-state index is 0.0491. The van der Waals surface area contributed by atoms with Crippen LogP contribution < -0.4 is 0 Å². The Kier molecular flexibility index (Phi) is 5.53. The van der Waals surface area contributed by atoms with Crippen molar-refractivity contribution in [1.29, 1.82) is 0 Å². The summed E-state index contributed by atoms with van der Waals surface area (Å²) in [6.07, 6.45) is -0.168. The number of halogens is 2. The quantitative estimate of drug-likeness (QED) is 0.623. The molecule has 1 aliphatic rings. The molecule has 2 amide bonds. The van der Waals surface area contributed by atoms with E-state index in [-0.39, 0.29) is 5.56 Å². The number of nitrogens with zero attached hydrogens (tertiary/aromatic N) is 1. The van der Waals surface area contributed by atoms with Crippen LogP contribution in [0, 0.1) is 17.6 Å². The average molecular weight is 383 g/mol. The molecule has 0 unspecified atom stereocenters. The van der Waals surface area contributed by atoms with E-state index in [9.17, 15) is 28.3 Å². The number of aliphatic hydroxyl groups excluding tert-OH is 1. The molecule has 0 bridgehead atoms. The Morgan fingerprint density at radius 1 is 1.19 bits per heavy atom. The molecule has 1 aromatic carbocycles. The molecule has 27 heavy (non-hydrogen) atoms. The first-order valence-electron chi connectivity index (χ1n) is 7.96. The Morgan fingerprint density at radius 2 is 1.81 bits per heavy atom. The van der Waals surface area contributed by atoms with E-state index >= 15 is 0 Å². The highest BCUT2D eigenvalue weighted by atomic mass is 19.2. The molecule has 1 N–H and O–H groups in total. The highest BCUT2D eigenvalue weighted by Crippen LogP contribution is 2.36. The molecule has 0 saturated carbocycles. The van der Waals surface area contributed by atoms with Gasteiger partial charge in [0.05, 0.1) is 7.11 Å². The predicted molar refractivity (Wildman–Crippen MR) is 88.4 cm³/mol. The second-order valence-corrected chi connectivity index (χ2v) is 6.88. The van der Waals surface area contributed by atoms with Gasteiger partial charge >= 0.3 is 12.1 Å². The smallest absolute Gasteiger partial charge is 0.424 e. The van der Waals surface area contributed by atoms with Crippen LogP contribution in [0.3, 0.4) is 0 Å². The third-order valence-electron chi connectivity index (χ3n) is 3.76. The molecule has 0 fully saturated rings. The van der Waals surface area contributed by atoms with Crippen molar-refractivity contribution in [3.05, 3.63) is 47.4 Å². The van der Waals surface area contributed by atoms with Gasteiger partial charge in [-0.1, -0.05) is 6.07 Å². The second-order valence-electron chi connectivity index (χ2n) is 6.88. The SMILES string of the molecule is COC(=O)[C@@H]1C(=O)N(C(=O)OC(C)(C)C)C(O)=C[C@H]1c1ccc(F)c(F)c1. The Balaban J connectivity index is 2.51. The molecule has 9 heteroatoms. The summed E-state index contributed by atoms with van der Waals surface area (Å²) in [6.45, 7) is 4.67. The average Bonchev–Trinajstić information content (AvgIpc) is 2.54. The maximum absolute atomic E-state index is 13.6. The third kappa shape index (κ3) is 4.24. The number of ether oxygens (including phenoxy) is 2. The van der Waals surface area contributed by atoms with E-state index in [1.54, 1.807) is 20.8 Å². The van der Waals surface area contributed by atoms with Gasteiger partial charge in [-0.25, -0.2) is 13.6 Å². The van der Waals surface area contributed by atoms with Crippen molar-refractivity contribution in [3.63, 3.8) is 0 Å². The Labute approximate surface area is 154 Å². The number of hydrogen-bond acceptors (Lipinski definition) is 6. The van der Waals surface area contributed by atoms with Crippen LogP contribution in [0.15, 0.2) is 30.2 Å². The largest absolute Gasteiger partial charge is 0.494 e. The first kappa shape index (κ1) is 20.3. The van der Waals surface area contributed by atoms with E-state index in [1.807, 2.05) is 0 Å². The topological polar surface area (TPSA) is 93.1 Å². The number of carbonyl (C=O) groups excluding carboxylic acids is 3. The maximum Gasteiger partial charge on any atom is 0.424 e. The van der Waals surface area contributed by atoms with Gasteiger partial charge in [0.25, 0.3) is 5.91 Å². The molecule has 1 aromatic rings. The Bertz CT molecular complexity index is 815. The van der Waals surface area contributed by atoms with E-state index in [2.05, 4.69) is 4.74 Å². The van der Waals surface area contributed by atoms with Crippen LogP contribution in [0.1, 0.15) is 32.3 Å². The first-order chi connectivity index (χ1) is 12.5. The normalized spacial score (nSPS) is 20.1. The lowest BCUT2D eigenvalue weighted by atomic mass is 9.82. The maximum atomic E-state index is 13.6. The number of amides is 2. The number of esters is 1. The summed E-state index contributed by atoms with van der Waals surface area (Å²) in [5, 5.41) is 10.2. The van der Waals surface area contributed by atoms with Gasteiger partial charge in [-0.3, -0.25) is 9.59 Å². The monoisotopic (exact) mass is 383 g/mol. The molecule has 2 atom stereocenters. The summed E-state index contributed by atoms with van der Waals surface area (Å²) in [4.78, 5) is 37.5. The van der Waals surface area contributed by atoms with Gasteiger partial charge in [-0.2, -0.15) is 4.90 Å². The van der Waals surface area contributed by atoms with Gasteiger partial charge in [0, 0.05) is 5.92 Å². The van der Waals surface area contributed by atoms with E-state index in [4.69, 9.17) is 4.74 Å². The second kappa shape index (κ2) is 7.34. The van der Waals surface area contributed by atoms with Crippen LogP contribution in [0.5, 0.6) is 0 Å². The lowest BCUT2D eigenvalue weighted by molar-refractivity contribution is -0.154. The van der Waals surface area contributed by atoms with Crippen LogP contribution in [0.4, 0.5) is 13.6 Å². The summed E-state index contributed by atoms with van der Waals surface area (Å²) < 4.78 is 36.5. The first-order valence-corrected chi connectivity index (χ1v) is 7.96. The molecule has 1 aliphatic heterocycles. The number of rotatable bonds is 2. The van der Waals surface area contributed by atoms with Crippen molar-refractivity contribution in [2.45, 2.75) is 32.3 Å². The Hall–Kier alpha value is -2.97. The summed E-state index contributed by atoms with van der Waals surface area (Å²) in [7, 11) is 1.04. The van der Waals surface area contributed by atoms with E-state index in [1.165, 1.54) is 6.07 Å². The minimum atomic E-state index is -1.59. The molecular weight excluding hydrogens is 364 g/mol. The summed E-state index contributed by atoms with van der Waals surface area (Å²) >= 11 is 0. The molecule has 1 heterocycles. The van der Waals surface area contributed by atoms with Gasteiger partial charge < -0.3 is 14.6 Å². The minimum Gasteiger partial charge on any atom is -0.494 e. The number of hydrogen-bond donors (Lipinski definition) is 1. The van der Waals surface area contributed by atoms with Crippen molar-refractivity contribution in [1.82, 2.24) is 4.90 Å². The number of allylic oxidation sites excluding steroid dienone is 1. The highest BCUT2D eigenvalue weighted by Gasteiger charge is 2.47. The van der Waals surface area contributed by atoms with Crippen LogP contribution in [-0.4, -0.2) is 40.7 Å². The Morgan fingerprint density at radius 3 is 2.33 bits per heavy atom. The van der Waals surface area contributed by atoms with Gasteiger partial charge in [0.2, 0.25) is 0 Å². The fourth-order valence-electron chi connectivity index (χ4n) is 2.61. The lowest BCUT2D eigenvalue weighted by Crippen LogP contribution is -2.49. The molecule has 146 valence electrons. The number of aliphatic hydroxyl groups is 1. The highest BCUT2D eigenvalue weighted by molar-refractivity contribution is 6.06. The summed E-state index contributed by atoms with van der Waals surface area (Å²) in [6, 6.07) is 2.80. The van der Waals surface area contributed by atoms with Crippen molar-refractivity contribution in [2.24, 2.45) is 5.92 Å². The lowest BCUT2D eigenvalue weighted by Gasteiger charge is -2.33. The zero-order valence-electron chi connectivity index (χ0n) is 15.2. The van der Waals surface area contributed by atoms with Crippen LogP contribution >= 0.6 is 0 Å². The van der Waals surface area contributed by atoms with Gasteiger partial charge in [-0.15, -0.1) is 0 Å². The molecule has 7 nitrogen and oxygen atoms in total. The van der Waals surface area contributed by atoms with Gasteiger partial charge in [0.15, 0.2) is 17.5 Å². The van der Waals surface area contributed by atoms with Crippen molar-refractivity contribution in [3.8, 4) is 0 Å². The molecule has 0 radical (unpaired) electrons. The zero-order chi connectivity index (χ0) is 20.5. The number of benzene rings is 1. The number of carbonyl (C=O) groups is 3. The third-order valence-corrected chi connectivity index (χ3v) is 3.76. The molecular formula is C18H19F2NO6. The van der Waals surface area contributed by atoms with E-state index < -0.39 is 52.9 Å². The number of imide groups is 1. The van der Waals surface area contributed by atoms with E-state index in [0.717, 1.165) is 25.3 Å². The molecule has 0 aromatic heterocycles. The van der Waals surface area contributed by atoms with Crippen LogP contribution in [0.2, 0.25) is 0 Å². The molecule has 0 spiro atoms. The summed E-state index contributed by atoms with van der Waals surface area (Å²) in [5.41, 5.74) is -0.914. The zero-order valence-corrected chi connectivity index (χ0v) is 15.2. The molecule has 0 aliphatic carbocycles. The fraction of sp³-hybridized carbons (Fsp3) is 0.389. The van der Waals surface area contributed by atoms with Crippen LogP contribution in [-0.2, 0) is 19.1 Å². The predicted octanol–water partition coefficient (Wildman–Crippen LogP) is 3.01. The van der Waals surface area contributed by atoms with Gasteiger partial charge in [0.1, 0.15) is 11.5 Å². The van der Waals surface area contributed by atoms with Gasteiger partial charge in [-0.05, 0) is 44.5 Å². The van der Waals surface area contributed by atoms with E-state index in [0.29, 0.717) is 4.90 Å². The number of methoxy groups -OCH3 is 1. The summed E-state index contributed by atoms with van der Waals surface area (Å²) in [5.74, 6) is -7.96. The van der Waals surface area contributed by atoms with Crippen LogP contribution in [0.25, 0.3) is 0 Å². The fourth-order valence-corrected chi connectivity index (χ4v) is 2.61. The van der Waals surface area contributed by atoms with Crippen molar-refractivity contribution in [2.75, 3.05) is 7.11 Å². The van der Waals surface area contributed by atoms with Crippen molar-refractivity contribution >= 4 is 18.0 Å². The standard InChI is InChI=1S/C18H19F2NO6/c1-18(2,3)27-17(25)21-13(22)8-10(14(15(21)23)16(24)26-4)9-5-6-11(19)12(20)7-9/h5-8,10,14,22H,1-4H3/t10-,14-/m0/s1. The van der Waals surface area contributed by atoms with Crippen molar-refractivity contribution < 1.29 is 37.7 Å². The molecule has 2 rings (SSSR count). The molecule has 0 saturated heterocycles.